The Hall–Kier alpha value is -3.22. The summed E-state index contributed by atoms with van der Waals surface area (Å²) >= 11 is 0. The summed E-state index contributed by atoms with van der Waals surface area (Å²) < 4.78 is 2.49. The van der Waals surface area contributed by atoms with Gasteiger partial charge in [0.25, 0.3) is 5.56 Å². The first-order valence-corrected chi connectivity index (χ1v) is 9.84. The SMILES string of the molecule is Cn1c(=O)c2ccc(C3CCN(C(=O)CCc4ccccc4)C3)nc2n(C)c1=O. The van der Waals surface area contributed by atoms with Crippen LogP contribution in [0.25, 0.3) is 11.0 Å². The molecule has 1 fully saturated rings. The standard InChI is InChI=1S/C22H24N4O3/c1-24-20-17(21(28)25(2)22(24)29)9-10-18(23-20)16-12-13-26(14-16)19(27)11-8-15-6-4-3-5-7-15/h3-7,9-10,16H,8,11-14H2,1-2H3. The van der Waals surface area contributed by atoms with Crippen LogP contribution < -0.4 is 11.2 Å². The van der Waals surface area contributed by atoms with Crippen molar-refractivity contribution >= 4 is 16.9 Å². The number of carbonyl (C=O) groups is 1. The van der Waals surface area contributed by atoms with Gasteiger partial charge in [-0.1, -0.05) is 30.3 Å². The van der Waals surface area contributed by atoms with Gasteiger partial charge in [0.2, 0.25) is 5.91 Å². The lowest BCUT2D eigenvalue weighted by Gasteiger charge is -2.17. The van der Waals surface area contributed by atoms with Crippen LogP contribution in [0.3, 0.4) is 0 Å². The third kappa shape index (κ3) is 3.60. The summed E-state index contributed by atoms with van der Waals surface area (Å²) in [5, 5.41) is 0.423. The van der Waals surface area contributed by atoms with Gasteiger partial charge in [-0.15, -0.1) is 0 Å². The van der Waals surface area contributed by atoms with E-state index < -0.39 is 5.69 Å². The van der Waals surface area contributed by atoms with E-state index in [2.05, 4.69) is 4.98 Å². The molecule has 2 aromatic heterocycles. The van der Waals surface area contributed by atoms with Gasteiger partial charge in [-0.3, -0.25) is 18.7 Å². The summed E-state index contributed by atoms with van der Waals surface area (Å²) in [6.07, 6.45) is 2.06. The second kappa shape index (κ2) is 7.66. The number of aromatic nitrogens is 3. The van der Waals surface area contributed by atoms with Crippen molar-refractivity contribution in [3.8, 4) is 0 Å². The van der Waals surface area contributed by atoms with E-state index >= 15 is 0 Å². The number of likely N-dealkylation sites (tertiary alicyclic amines) is 1. The Kier molecular flexibility index (Phi) is 5.05. The van der Waals surface area contributed by atoms with Crippen LogP contribution >= 0.6 is 0 Å². The Labute approximate surface area is 168 Å². The van der Waals surface area contributed by atoms with E-state index in [1.54, 1.807) is 13.1 Å². The average molecular weight is 392 g/mol. The van der Waals surface area contributed by atoms with Crippen molar-refractivity contribution in [1.82, 2.24) is 19.0 Å². The van der Waals surface area contributed by atoms with Crippen molar-refractivity contribution in [3.05, 3.63) is 74.6 Å². The number of fused-ring (bicyclic) bond motifs is 1. The monoisotopic (exact) mass is 392 g/mol. The molecular weight excluding hydrogens is 368 g/mol. The minimum Gasteiger partial charge on any atom is -0.342 e. The summed E-state index contributed by atoms with van der Waals surface area (Å²) in [5.74, 6) is 0.262. The predicted molar refractivity (Wildman–Crippen MR) is 111 cm³/mol. The van der Waals surface area contributed by atoms with Crippen LogP contribution in [0.2, 0.25) is 0 Å². The van der Waals surface area contributed by atoms with Gasteiger partial charge in [0.05, 0.1) is 5.39 Å². The number of hydrogen-bond donors (Lipinski definition) is 0. The molecule has 0 saturated carbocycles. The Morgan fingerprint density at radius 1 is 1.07 bits per heavy atom. The van der Waals surface area contributed by atoms with Gasteiger partial charge in [-0.05, 0) is 30.5 Å². The molecule has 1 aliphatic rings. The molecule has 1 unspecified atom stereocenters. The fourth-order valence-corrected chi connectivity index (χ4v) is 3.98. The number of pyridine rings is 1. The van der Waals surface area contributed by atoms with Gasteiger partial charge in [-0.25, -0.2) is 9.78 Å². The van der Waals surface area contributed by atoms with Gasteiger partial charge in [-0.2, -0.15) is 0 Å². The first-order valence-electron chi connectivity index (χ1n) is 9.84. The van der Waals surface area contributed by atoms with Crippen molar-refractivity contribution in [2.45, 2.75) is 25.2 Å². The molecule has 29 heavy (non-hydrogen) atoms. The molecule has 0 aliphatic carbocycles. The lowest BCUT2D eigenvalue weighted by Crippen LogP contribution is -2.37. The molecule has 0 radical (unpaired) electrons. The summed E-state index contributed by atoms with van der Waals surface area (Å²) in [7, 11) is 3.09. The van der Waals surface area contributed by atoms with Crippen molar-refractivity contribution in [2.75, 3.05) is 13.1 Å². The van der Waals surface area contributed by atoms with Crippen LogP contribution in [-0.4, -0.2) is 38.0 Å². The van der Waals surface area contributed by atoms with Gasteiger partial charge < -0.3 is 4.90 Å². The number of aryl methyl sites for hydroxylation is 2. The lowest BCUT2D eigenvalue weighted by molar-refractivity contribution is -0.130. The van der Waals surface area contributed by atoms with E-state index in [1.807, 2.05) is 41.3 Å². The summed E-state index contributed by atoms with van der Waals surface area (Å²) in [4.78, 5) is 43.6. The fourth-order valence-electron chi connectivity index (χ4n) is 3.98. The van der Waals surface area contributed by atoms with E-state index in [1.165, 1.54) is 11.6 Å². The van der Waals surface area contributed by atoms with Crippen molar-refractivity contribution in [1.29, 1.82) is 0 Å². The van der Waals surface area contributed by atoms with Crippen LogP contribution in [0.5, 0.6) is 0 Å². The molecule has 0 bridgehead atoms. The zero-order valence-electron chi connectivity index (χ0n) is 16.7. The van der Waals surface area contributed by atoms with E-state index in [-0.39, 0.29) is 17.4 Å². The Morgan fingerprint density at radius 3 is 2.59 bits per heavy atom. The molecule has 7 heteroatoms. The molecule has 0 N–H and O–H groups in total. The first kappa shape index (κ1) is 19.1. The van der Waals surface area contributed by atoms with E-state index in [0.717, 1.165) is 28.7 Å². The molecule has 1 saturated heterocycles. The Bertz CT molecular complexity index is 1180. The van der Waals surface area contributed by atoms with E-state index in [4.69, 9.17) is 0 Å². The Morgan fingerprint density at radius 2 is 1.83 bits per heavy atom. The molecule has 1 aliphatic heterocycles. The largest absolute Gasteiger partial charge is 0.342 e. The number of nitrogens with zero attached hydrogens (tertiary/aromatic N) is 4. The summed E-state index contributed by atoms with van der Waals surface area (Å²) in [6, 6.07) is 13.6. The molecule has 7 nitrogen and oxygen atoms in total. The van der Waals surface area contributed by atoms with E-state index in [9.17, 15) is 14.4 Å². The second-order valence-corrected chi connectivity index (χ2v) is 7.62. The summed E-state index contributed by atoms with van der Waals surface area (Å²) in [6.45, 7) is 1.32. The van der Waals surface area contributed by atoms with E-state index in [0.29, 0.717) is 30.5 Å². The maximum Gasteiger partial charge on any atom is 0.332 e. The normalized spacial score (nSPS) is 16.5. The van der Waals surface area contributed by atoms with Crippen LogP contribution in [0.4, 0.5) is 0 Å². The fraction of sp³-hybridized carbons (Fsp3) is 0.364. The predicted octanol–water partition coefficient (Wildman–Crippen LogP) is 1.58. The third-order valence-electron chi connectivity index (χ3n) is 5.75. The molecule has 1 amide bonds. The third-order valence-corrected chi connectivity index (χ3v) is 5.75. The van der Waals surface area contributed by atoms with Crippen molar-refractivity contribution in [3.63, 3.8) is 0 Å². The molecule has 1 aromatic carbocycles. The molecule has 3 heterocycles. The highest BCUT2D eigenvalue weighted by Gasteiger charge is 2.28. The first-order chi connectivity index (χ1) is 14.0. The van der Waals surface area contributed by atoms with Crippen LogP contribution in [-0.2, 0) is 25.3 Å². The number of amides is 1. The zero-order chi connectivity index (χ0) is 20.5. The van der Waals surface area contributed by atoms with Crippen molar-refractivity contribution in [2.24, 2.45) is 14.1 Å². The number of carbonyl (C=O) groups excluding carboxylic acids is 1. The minimum atomic E-state index is -0.392. The lowest BCUT2D eigenvalue weighted by atomic mass is 10.0. The number of rotatable bonds is 4. The highest BCUT2D eigenvalue weighted by Crippen LogP contribution is 2.27. The topological polar surface area (TPSA) is 77.2 Å². The maximum absolute atomic E-state index is 12.6. The second-order valence-electron chi connectivity index (χ2n) is 7.62. The van der Waals surface area contributed by atoms with Crippen molar-refractivity contribution < 1.29 is 4.79 Å². The highest BCUT2D eigenvalue weighted by atomic mass is 16.2. The number of hydrogen-bond acceptors (Lipinski definition) is 4. The average Bonchev–Trinajstić information content (AvgIpc) is 3.25. The highest BCUT2D eigenvalue weighted by molar-refractivity contribution is 5.77. The molecular formula is C22H24N4O3. The quantitative estimate of drug-likeness (QED) is 0.676. The smallest absolute Gasteiger partial charge is 0.332 e. The van der Waals surface area contributed by atoms with Gasteiger partial charge in [0, 0.05) is 45.2 Å². The molecule has 150 valence electrons. The Balaban J connectivity index is 1.50. The number of benzene rings is 1. The molecule has 3 aromatic rings. The molecule has 1 atom stereocenters. The maximum atomic E-state index is 12.6. The van der Waals surface area contributed by atoms with Crippen LogP contribution in [0, 0.1) is 0 Å². The summed E-state index contributed by atoms with van der Waals surface area (Å²) in [5.41, 5.74) is 1.64. The minimum absolute atomic E-state index is 0.110. The molecule has 0 spiro atoms. The van der Waals surface area contributed by atoms with Crippen LogP contribution in [0.1, 0.15) is 30.0 Å². The van der Waals surface area contributed by atoms with Gasteiger partial charge in [0.1, 0.15) is 5.65 Å². The molecule has 4 rings (SSSR count). The van der Waals surface area contributed by atoms with Crippen LogP contribution in [0.15, 0.2) is 52.1 Å². The van der Waals surface area contributed by atoms with Gasteiger partial charge in [0.15, 0.2) is 0 Å². The zero-order valence-corrected chi connectivity index (χ0v) is 16.7. The van der Waals surface area contributed by atoms with Gasteiger partial charge >= 0.3 is 5.69 Å².